The standard InChI is InChI=1S/C17H25NO3/c1-3-14-7-5-6-12-18(14)16(17(19)20)13-8-10-15(11-9-13)21-4-2/h8-11,14,16H,3-7,12H2,1-2H3,(H,19,20). The molecule has 1 aromatic rings. The lowest BCUT2D eigenvalue weighted by Gasteiger charge is -2.39. The third-order valence-electron chi connectivity index (χ3n) is 4.22. The highest BCUT2D eigenvalue weighted by molar-refractivity contribution is 5.75. The number of ether oxygens (including phenoxy) is 1. The van der Waals surface area contributed by atoms with Crippen molar-refractivity contribution < 1.29 is 14.6 Å². The molecule has 21 heavy (non-hydrogen) atoms. The zero-order valence-corrected chi connectivity index (χ0v) is 12.9. The largest absolute Gasteiger partial charge is 0.494 e. The van der Waals surface area contributed by atoms with Crippen LogP contribution in [0.3, 0.4) is 0 Å². The smallest absolute Gasteiger partial charge is 0.325 e. The van der Waals surface area contributed by atoms with Gasteiger partial charge < -0.3 is 9.84 Å². The van der Waals surface area contributed by atoms with Gasteiger partial charge >= 0.3 is 5.97 Å². The SMILES string of the molecule is CCOc1ccc(C(C(=O)O)N2CCCCC2CC)cc1. The van der Waals surface area contributed by atoms with Gasteiger partial charge in [0.2, 0.25) is 0 Å². The van der Waals surface area contributed by atoms with Gasteiger partial charge in [0.15, 0.2) is 0 Å². The van der Waals surface area contributed by atoms with Crippen LogP contribution in [0.1, 0.15) is 51.1 Å². The molecular formula is C17H25NO3. The maximum atomic E-state index is 11.8. The van der Waals surface area contributed by atoms with Crippen LogP contribution >= 0.6 is 0 Å². The Morgan fingerprint density at radius 3 is 2.62 bits per heavy atom. The van der Waals surface area contributed by atoms with Crippen LogP contribution in [-0.4, -0.2) is 35.2 Å². The van der Waals surface area contributed by atoms with E-state index >= 15 is 0 Å². The van der Waals surface area contributed by atoms with E-state index in [9.17, 15) is 9.90 Å². The summed E-state index contributed by atoms with van der Waals surface area (Å²) < 4.78 is 5.43. The molecule has 116 valence electrons. The summed E-state index contributed by atoms with van der Waals surface area (Å²) in [6.45, 7) is 5.56. The van der Waals surface area contributed by atoms with Crippen LogP contribution in [-0.2, 0) is 4.79 Å². The molecule has 1 heterocycles. The number of carboxylic acids is 1. The average Bonchev–Trinajstić information content (AvgIpc) is 2.50. The molecule has 1 aromatic carbocycles. The second-order valence-corrected chi connectivity index (χ2v) is 5.54. The molecule has 2 unspecified atom stereocenters. The summed E-state index contributed by atoms with van der Waals surface area (Å²) in [5.74, 6) is 0.0237. The third kappa shape index (κ3) is 3.76. The lowest BCUT2D eigenvalue weighted by atomic mass is 9.95. The second kappa shape index (κ2) is 7.46. The van der Waals surface area contributed by atoms with Gasteiger partial charge in [-0.25, -0.2) is 0 Å². The zero-order valence-electron chi connectivity index (χ0n) is 12.9. The number of carboxylic acid groups (broad SMARTS) is 1. The van der Waals surface area contributed by atoms with Crippen LogP contribution < -0.4 is 4.74 Å². The first-order chi connectivity index (χ1) is 10.2. The van der Waals surface area contributed by atoms with Crippen molar-refractivity contribution in [3.8, 4) is 5.75 Å². The normalized spacial score (nSPS) is 21.0. The van der Waals surface area contributed by atoms with Crippen LogP contribution in [0.4, 0.5) is 0 Å². The fraction of sp³-hybridized carbons (Fsp3) is 0.588. The Hall–Kier alpha value is -1.55. The fourth-order valence-electron chi connectivity index (χ4n) is 3.19. The highest BCUT2D eigenvalue weighted by Gasteiger charge is 2.33. The molecule has 0 aromatic heterocycles. The zero-order chi connectivity index (χ0) is 15.2. The maximum absolute atomic E-state index is 11.8. The van der Waals surface area contributed by atoms with Crippen molar-refractivity contribution in [2.24, 2.45) is 0 Å². The van der Waals surface area contributed by atoms with Gasteiger partial charge in [0.05, 0.1) is 6.61 Å². The summed E-state index contributed by atoms with van der Waals surface area (Å²) in [6.07, 6.45) is 4.38. The molecule has 2 atom stereocenters. The molecule has 1 fully saturated rings. The van der Waals surface area contributed by atoms with E-state index < -0.39 is 12.0 Å². The monoisotopic (exact) mass is 291 g/mol. The van der Waals surface area contributed by atoms with E-state index in [2.05, 4.69) is 11.8 Å². The van der Waals surface area contributed by atoms with Gasteiger partial charge in [-0.05, 0) is 50.4 Å². The number of hydrogen-bond acceptors (Lipinski definition) is 3. The summed E-state index contributed by atoms with van der Waals surface area (Å²) in [5.41, 5.74) is 0.839. The molecule has 1 aliphatic heterocycles. The van der Waals surface area contributed by atoms with E-state index in [1.807, 2.05) is 31.2 Å². The molecule has 4 nitrogen and oxygen atoms in total. The van der Waals surface area contributed by atoms with E-state index in [1.54, 1.807) is 0 Å². The number of likely N-dealkylation sites (tertiary alicyclic amines) is 1. The van der Waals surface area contributed by atoms with E-state index in [-0.39, 0.29) is 0 Å². The lowest BCUT2D eigenvalue weighted by Crippen LogP contribution is -2.44. The molecule has 0 aliphatic carbocycles. The molecule has 2 rings (SSSR count). The number of hydrogen-bond donors (Lipinski definition) is 1. The van der Waals surface area contributed by atoms with E-state index in [1.165, 1.54) is 6.42 Å². The first-order valence-electron chi connectivity index (χ1n) is 7.88. The van der Waals surface area contributed by atoms with Gasteiger partial charge in [-0.3, -0.25) is 9.69 Å². The Morgan fingerprint density at radius 1 is 1.33 bits per heavy atom. The van der Waals surface area contributed by atoms with Crippen molar-refractivity contribution >= 4 is 5.97 Å². The quantitative estimate of drug-likeness (QED) is 0.872. The molecule has 0 radical (unpaired) electrons. The molecule has 0 bridgehead atoms. The summed E-state index contributed by atoms with van der Waals surface area (Å²) in [7, 11) is 0. The summed E-state index contributed by atoms with van der Waals surface area (Å²) in [5, 5.41) is 9.69. The Kier molecular flexibility index (Phi) is 5.62. The summed E-state index contributed by atoms with van der Waals surface area (Å²) >= 11 is 0. The minimum Gasteiger partial charge on any atom is -0.494 e. The molecule has 0 spiro atoms. The number of carbonyl (C=O) groups is 1. The fourth-order valence-corrected chi connectivity index (χ4v) is 3.19. The number of piperidine rings is 1. The Bertz CT molecular complexity index is 458. The first kappa shape index (κ1) is 15.8. The number of rotatable bonds is 6. The van der Waals surface area contributed by atoms with Crippen LogP contribution in [0.15, 0.2) is 24.3 Å². The lowest BCUT2D eigenvalue weighted by molar-refractivity contribution is -0.145. The predicted octanol–water partition coefficient (Wildman–Crippen LogP) is 3.48. The molecule has 0 amide bonds. The van der Waals surface area contributed by atoms with Gasteiger partial charge in [0.1, 0.15) is 11.8 Å². The van der Waals surface area contributed by atoms with Gasteiger partial charge in [0.25, 0.3) is 0 Å². The van der Waals surface area contributed by atoms with Crippen LogP contribution in [0.25, 0.3) is 0 Å². The summed E-state index contributed by atoms with van der Waals surface area (Å²) in [6, 6.07) is 7.30. The Morgan fingerprint density at radius 2 is 2.05 bits per heavy atom. The number of aliphatic carboxylic acids is 1. The minimum absolute atomic E-state index is 0.367. The molecular weight excluding hydrogens is 266 g/mol. The molecule has 1 aliphatic rings. The van der Waals surface area contributed by atoms with Gasteiger partial charge in [-0.15, -0.1) is 0 Å². The van der Waals surface area contributed by atoms with Gasteiger partial charge in [-0.1, -0.05) is 25.5 Å². The number of nitrogens with zero attached hydrogens (tertiary/aromatic N) is 1. The topological polar surface area (TPSA) is 49.8 Å². The van der Waals surface area contributed by atoms with Crippen molar-refractivity contribution in [2.75, 3.05) is 13.2 Å². The Labute approximate surface area is 126 Å². The molecule has 4 heteroatoms. The van der Waals surface area contributed by atoms with Crippen molar-refractivity contribution in [3.05, 3.63) is 29.8 Å². The first-order valence-corrected chi connectivity index (χ1v) is 7.88. The molecule has 1 saturated heterocycles. The maximum Gasteiger partial charge on any atom is 0.325 e. The molecule has 1 N–H and O–H groups in total. The van der Waals surface area contributed by atoms with Crippen LogP contribution in [0, 0.1) is 0 Å². The number of benzene rings is 1. The van der Waals surface area contributed by atoms with Crippen molar-refractivity contribution in [1.29, 1.82) is 0 Å². The second-order valence-electron chi connectivity index (χ2n) is 5.54. The van der Waals surface area contributed by atoms with Crippen LogP contribution in [0.2, 0.25) is 0 Å². The Balaban J connectivity index is 2.23. The van der Waals surface area contributed by atoms with Crippen molar-refractivity contribution in [2.45, 2.75) is 51.6 Å². The van der Waals surface area contributed by atoms with Crippen LogP contribution in [0.5, 0.6) is 5.75 Å². The highest BCUT2D eigenvalue weighted by atomic mass is 16.5. The van der Waals surface area contributed by atoms with E-state index in [0.29, 0.717) is 12.6 Å². The van der Waals surface area contributed by atoms with E-state index in [0.717, 1.165) is 37.1 Å². The van der Waals surface area contributed by atoms with Gasteiger partial charge in [-0.2, -0.15) is 0 Å². The molecule has 0 saturated carbocycles. The predicted molar refractivity (Wildman–Crippen MR) is 82.6 cm³/mol. The van der Waals surface area contributed by atoms with Crippen molar-refractivity contribution in [3.63, 3.8) is 0 Å². The average molecular weight is 291 g/mol. The van der Waals surface area contributed by atoms with Crippen molar-refractivity contribution in [1.82, 2.24) is 4.90 Å². The third-order valence-corrected chi connectivity index (χ3v) is 4.22. The van der Waals surface area contributed by atoms with E-state index in [4.69, 9.17) is 4.74 Å². The minimum atomic E-state index is -0.764. The highest BCUT2D eigenvalue weighted by Crippen LogP contribution is 2.31. The van der Waals surface area contributed by atoms with Gasteiger partial charge in [0, 0.05) is 6.04 Å². The summed E-state index contributed by atoms with van der Waals surface area (Å²) in [4.78, 5) is 14.0.